The molecule has 15 heavy (non-hydrogen) atoms. The minimum absolute atomic E-state index is 0.447. The van der Waals surface area contributed by atoms with Crippen molar-refractivity contribution in [2.75, 3.05) is 0 Å². The average molecular weight is 261 g/mol. The van der Waals surface area contributed by atoms with Crippen molar-refractivity contribution in [3.05, 3.63) is 64.4 Å². The summed E-state index contributed by atoms with van der Waals surface area (Å²) < 4.78 is 1.01. The van der Waals surface area contributed by atoms with Crippen molar-refractivity contribution >= 4 is 21.6 Å². The Morgan fingerprint density at radius 3 is 2.40 bits per heavy atom. The number of hydrogen-bond acceptors (Lipinski definition) is 2. The zero-order chi connectivity index (χ0) is 10.7. The lowest BCUT2D eigenvalue weighted by molar-refractivity contribution is 1.27. The summed E-state index contributed by atoms with van der Waals surface area (Å²) >= 11 is 3.36. The molecule has 0 aliphatic rings. The van der Waals surface area contributed by atoms with Gasteiger partial charge in [0.2, 0.25) is 0 Å². The van der Waals surface area contributed by atoms with E-state index in [1.54, 1.807) is 6.20 Å². The van der Waals surface area contributed by atoms with Crippen LogP contribution in [0.25, 0.3) is 0 Å². The van der Waals surface area contributed by atoms with Crippen LogP contribution in [-0.4, -0.2) is 10.7 Å². The summed E-state index contributed by atoms with van der Waals surface area (Å²) in [4.78, 5) is 4.14. The number of benzene rings is 1. The van der Waals surface area contributed by atoms with Gasteiger partial charge in [0.05, 0.1) is 11.4 Å². The van der Waals surface area contributed by atoms with Gasteiger partial charge in [0.25, 0.3) is 0 Å². The topological polar surface area (TPSA) is 36.7 Å². The third-order valence-electron chi connectivity index (χ3n) is 2.05. The van der Waals surface area contributed by atoms with E-state index >= 15 is 0 Å². The molecule has 3 heteroatoms. The predicted molar refractivity (Wildman–Crippen MR) is 64.3 cm³/mol. The maximum atomic E-state index is 7.96. The van der Waals surface area contributed by atoms with Crippen LogP contribution in [0.5, 0.6) is 0 Å². The lowest BCUT2D eigenvalue weighted by Gasteiger charge is -2.02. The number of aromatic nitrogens is 1. The van der Waals surface area contributed by atoms with Crippen LogP contribution in [0.3, 0.4) is 0 Å². The number of rotatable bonds is 2. The highest BCUT2D eigenvalue weighted by Gasteiger charge is 2.04. The standard InChI is InChI=1S/C12H9BrN2/c13-10-6-4-9(5-7-10)12(14)11-3-1-2-8-15-11/h1-8,14H. The molecule has 0 unspecified atom stereocenters. The molecule has 2 rings (SSSR count). The SMILES string of the molecule is N=C(c1ccc(Br)cc1)c1ccccn1. The van der Waals surface area contributed by atoms with E-state index in [0.29, 0.717) is 11.4 Å². The molecular weight excluding hydrogens is 252 g/mol. The van der Waals surface area contributed by atoms with Crippen molar-refractivity contribution in [1.82, 2.24) is 4.98 Å². The molecule has 2 nitrogen and oxygen atoms in total. The molecule has 0 spiro atoms. The van der Waals surface area contributed by atoms with Crippen molar-refractivity contribution in [2.24, 2.45) is 0 Å². The molecule has 0 saturated heterocycles. The molecular formula is C12H9BrN2. The van der Waals surface area contributed by atoms with Gasteiger partial charge in [-0.15, -0.1) is 0 Å². The Bertz CT molecular complexity index is 463. The van der Waals surface area contributed by atoms with Crippen LogP contribution in [0.4, 0.5) is 0 Å². The molecule has 1 heterocycles. The molecule has 1 aromatic carbocycles. The van der Waals surface area contributed by atoms with Crippen molar-refractivity contribution in [3.63, 3.8) is 0 Å². The number of nitrogens with zero attached hydrogens (tertiary/aromatic N) is 1. The monoisotopic (exact) mass is 260 g/mol. The van der Waals surface area contributed by atoms with Crippen LogP contribution in [0.2, 0.25) is 0 Å². The van der Waals surface area contributed by atoms with E-state index in [-0.39, 0.29) is 0 Å². The highest BCUT2D eigenvalue weighted by Crippen LogP contribution is 2.13. The predicted octanol–water partition coefficient (Wildman–Crippen LogP) is 3.26. The molecule has 0 atom stereocenters. The summed E-state index contributed by atoms with van der Waals surface area (Å²) in [5, 5.41) is 7.96. The van der Waals surface area contributed by atoms with E-state index in [1.807, 2.05) is 42.5 Å². The number of pyridine rings is 1. The van der Waals surface area contributed by atoms with Gasteiger partial charge in [0, 0.05) is 16.2 Å². The fraction of sp³-hybridized carbons (Fsp3) is 0. The van der Waals surface area contributed by atoms with Crippen molar-refractivity contribution in [1.29, 1.82) is 5.41 Å². The zero-order valence-corrected chi connectivity index (χ0v) is 9.53. The summed E-state index contributed by atoms with van der Waals surface area (Å²) in [6.45, 7) is 0. The quantitative estimate of drug-likeness (QED) is 0.827. The highest BCUT2D eigenvalue weighted by molar-refractivity contribution is 9.10. The molecule has 1 N–H and O–H groups in total. The Morgan fingerprint density at radius 2 is 1.80 bits per heavy atom. The normalized spacial score (nSPS) is 9.93. The van der Waals surface area contributed by atoms with Gasteiger partial charge in [0.15, 0.2) is 0 Å². The Morgan fingerprint density at radius 1 is 1.07 bits per heavy atom. The van der Waals surface area contributed by atoms with Crippen LogP contribution < -0.4 is 0 Å². The van der Waals surface area contributed by atoms with Gasteiger partial charge in [-0.05, 0) is 24.3 Å². The Kier molecular flexibility index (Phi) is 2.92. The minimum Gasteiger partial charge on any atom is -0.298 e. The van der Waals surface area contributed by atoms with Gasteiger partial charge in [0.1, 0.15) is 0 Å². The summed E-state index contributed by atoms with van der Waals surface area (Å²) in [5.74, 6) is 0. The van der Waals surface area contributed by atoms with Crippen LogP contribution in [0, 0.1) is 5.41 Å². The number of nitrogens with one attached hydrogen (secondary N) is 1. The van der Waals surface area contributed by atoms with Crippen molar-refractivity contribution in [3.8, 4) is 0 Å². The van der Waals surface area contributed by atoms with Crippen molar-refractivity contribution < 1.29 is 0 Å². The largest absolute Gasteiger partial charge is 0.298 e. The Labute approximate surface area is 96.6 Å². The van der Waals surface area contributed by atoms with Gasteiger partial charge in [-0.25, -0.2) is 0 Å². The fourth-order valence-electron chi connectivity index (χ4n) is 1.28. The summed E-state index contributed by atoms with van der Waals surface area (Å²) in [6.07, 6.45) is 1.70. The second-order valence-corrected chi connectivity index (χ2v) is 4.01. The number of hydrogen-bond donors (Lipinski definition) is 1. The Balaban J connectivity index is 2.33. The molecule has 0 amide bonds. The number of halogens is 1. The summed E-state index contributed by atoms with van der Waals surface area (Å²) in [6, 6.07) is 13.2. The molecule has 0 saturated carbocycles. The first-order chi connectivity index (χ1) is 7.27. The summed E-state index contributed by atoms with van der Waals surface area (Å²) in [5.41, 5.74) is 2.01. The first-order valence-electron chi connectivity index (χ1n) is 4.53. The van der Waals surface area contributed by atoms with Crippen LogP contribution in [0.15, 0.2) is 53.1 Å². The van der Waals surface area contributed by atoms with Gasteiger partial charge >= 0.3 is 0 Å². The first-order valence-corrected chi connectivity index (χ1v) is 5.32. The van der Waals surface area contributed by atoms with Gasteiger partial charge < -0.3 is 0 Å². The highest BCUT2D eigenvalue weighted by atomic mass is 79.9. The maximum Gasteiger partial charge on any atom is 0.0885 e. The van der Waals surface area contributed by atoms with E-state index in [9.17, 15) is 0 Å². The molecule has 0 bridgehead atoms. The van der Waals surface area contributed by atoms with E-state index in [2.05, 4.69) is 20.9 Å². The minimum atomic E-state index is 0.447. The second-order valence-electron chi connectivity index (χ2n) is 3.10. The van der Waals surface area contributed by atoms with Crippen LogP contribution in [0.1, 0.15) is 11.3 Å². The second kappa shape index (κ2) is 4.36. The first kappa shape index (κ1) is 10.1. The Hall–Kier alpha value is -1.48. The molecule has 0 aliphatic heterocycles. The van der Waals surface area contributed by atoms with Crippen LogP contribution >= 0.6 is 15.9 Å². The maximum absolute atomic E-state index is 7.96. The van der Waals surface area contributed by atoms with E-state index < -0.39 is 0 Å². The molecule has 1 aromatic heterocycles. The van der Waals surface area contributed by atoms with Gasteiger partial charge in [-0.3, -0.25) is 10.4 Å². The zero-order valence-electron chi connectivity index (χ0n) is 7.94. The lowest BCUT2D eigenvalue weighted by atomic mass is 10.1. The third kappa shape index (κ3) is 2.30. The molecule has 74 valence electrons. The van der Waals surface area contributed by atoms with E-state index in [1.165, 1.54) is 0 Å². The third-order valence-corrected chi connectivity index (χ3v) is 2.58. The van der Waals surface area contributed by atoms with Gasteiger partial charge in [-0.1, -0.05) is 34.1 Å². The molecule has 0 aliphatic carbocycles. The van der Waals surface area contributed by atoms with Crippen LogP contribution in [-0.2, 0) is 0 Å². The molecule has 2 aromatic rings. The lowest BCUT2D eigenvalue weighted by Crippen LogP contribution is -2.02. The average Bonchev–Trinajstić information content (AvgIpc) is 2.30. The smallest absolute Gasteiger partial charge is 0.0885 e. The fourth-order valence-corrected chi connectivity index (χ4v) is 1.54. The molecule has 0 fully saturated rings. The summed E-state index contributed by atoms with van der Waals surface area (Å²) in [7, 11) is 0. The van der Waals surface area contributed by atoms with E-state index in [4.69, 9.17) is 5.41 Å². The molecule has 0 radical (unpaired) electrons. The van der Waals surface area contributed by atoms with Gasteiger partial charge in [-0.2, -0.15) is 0 Å². The van der Waals surface area contributed by atoms with Crippen molar-refractivity contribution in [2.45, 2.75) is 0 Å². The van der Waals surface area contributed by atoms with E-state index in [0.717, 1.165) is 10.0 Å².